The molecule has 0 radical (unpaired) electrons. The van der Waals surface area contributed by atoms with Crippen LogP contribution in [0.1, 0.15) is 24.8 Å². The third kappa shape index (κ3) is 7.46. The zero-order chi connectivity index (χ0) is 30.5. The Morgan fingerprint density at radius 3 is 2.49 bits per heavy atom. The Morgan fingerprint density at radius 1 is 0.953 bits per heavy atom. The number of rotatable bonds is 11. The Hall–Kier alpha value is -2.84. The van der Waals surface area contributed by atoms with Gasteiger partial charge in [0.25, 0.3) is 6.47 Å². The summed E-state index contributed by atoms with van der Waals surface area (Å²) in [6.07, 6.45) is -4.80. The SMILES string of the molecule is O=COC1OC(Oc2ccc(N3CCN(CCCCOc4ccc5c(c4)NC(=O)CC5)CC3)c(Cl)c2Cl)C(O)C(O)C1O. The first-order valence-corrected chi connectivity index (χ1v) is 15.0. The van der Waals surface area contributed by atoms with Gasteiger partial charge in [-0.15, -0.1) is 0 Å². The lowest BCUT2D eigenvalue weighted by Crippen LogP contribution is -2.59. The smallest absolute Gasteiger partial charge is 0.295 e. The van der Waals surface area contributed by atoms with Crippen molar-refractivity contribution >= 4 is 47.0 Å². The van der Waals surface area contributed by atoms with Gasteiger partial charge in [0.15, 0.2) is 0 Å². The van der Waals surface area contributed by atoms with Gasteiger partial charge < -0.3 is 39.7 Å². The minimum Gasteiger partial charge on any atom is -0.494 e. The molecule has 14 heteroatoms. The average molecular weight is 641 g/mol. The van der Waals surface area contributed by atoms with Crippen molar-refractivity contribution in [2.45, 2.75) is 56.6 Å². The highest BCUT2D eigenvalue weighted by atomic mass is 35.5. The van der Waals surface area contributed by atoms with E-state index in [1.807, 2.05) is 18.2 Å². The van der Waals surface area contributed by atoms with Crippen molar-refractivity contribution in [3.05, 3.63) is 45.9 Å². The minimum atomic E-state index is -1.68. The van der Waals surface area contributed by atoms with E-state index in [0.717, 1.165) is 74.7 Å². The topological polar surface area (TPSA) is 150 Å². The van der Waals surface area contributed by atoms with Gasteiger partial charge in [-0.3, -0.25) is 19.2 Å². The van der Waals surface area contributed by atoms with Crippen LogP contribution in [-0.2, 0) is 25.5 Å². The summed E-state index contributed by atoms with van der Waals surface area (Å²) in [5, 5.41) is 33.5. The summed E-state index contributed by atoms with van der Waals surface area (Å²) in [7, 11) is 0. The van der Waals surface area contributed by atoms with Gasteiger partial charge >= 0.3 is 0 Å². The average Bonchev–Trinajstić information content (AvgIpc) is 3.01. The van der Waals surface area contributed by atoms with Crippen molar-refractivity contribution in [3.63, 3.8) is 0 Å². The van der Waals surface area contributed by atoms with Crippen LogP contribution in [0.4, 0.5) is 11.4 Å². The number of aryl methyl sites for hydroxylation is 1. The van der Waals surface area contributed by atoms with E-state index in [-0.39, 0.29) is 28.2 Å². The predicted octanol–water partition coefficient (Wildman–Crippen LogP) is 2.18. The number of halogens is 2. The van der Waals surface area contributed by atoms with Crippen molar-refractivity contribution in [1.82, 2.24) is 4.90 Å². The number of hydrogen-bond acceptors (Lipinski definition) is 11. The second-order valence-electron chi connectivity index (χ2n) is 10.7. The molecule has 3 heterocycles. The molecule has 0 spiro atoms. The molecule has 0 saturated carbocycles. The number of hydrogen-bond donors (Lipinski definition) is 4. The number of fused-ring (bicyclic) bond motifs is 1. The number of benzene rings is 2. The molecular weight excluding hydrogens is 605 g/mol. The van der Waals surface area contributed by atoms with Crippen molar-refractivity contribution in [3.8, 4) is 11.5 Å². The molecular formula is C29H35Cl2N3O9. The first-order chi connectivity index (χ1) is 20.7. The number of nitrogens with one attached hydrogen (secondary N) is 1. The summed E-state index contributed by atoms with van der Waals surface area (Å²) in [5.41, 5.74) is 2.71. The molecule has 2 aromatic rings. The van der Waals surface area contributed by atoms with Crippen LogP contribution in [0.2, 0.25) is 10.0 Å². The fraction of sp³-hybridized carbons (Fsp3) is 0.517. The fourth-order valence-corrected chi connectivity index (χ4v) is 5.82. The van der Waals surface area contributed by atoms with E-state index in [2.05, 4.69) is 19.9 Å². The molecule has 5 atom stereocenters. The van der Waals surface area contributed by atoms with E-state index in [9.17, 15) is 24.9 Å². The summed E-state index contributed by atoms with van der Waals surface area (Å²) in [6.45, 7) is 4.78. The van der Waals surface area contributed by atoms with Crippen molar-refractivity contribution in [2.75, 3.05) is 49.5 Å². The molecule has 4 N–H and O–H groups in total. The lowest BCUT2D eigenvalue weighted by atomic mass is 10.0. The van der Waals surface area contributed by atoms with Crippen LogP contribution >= 0.6 is 23.2 Å². The largest absolute Gasteiger partial charge is 0.494 e. The number of amides is 1. The first-order valence-electron chi connectivity index (χ1n) is 14.2. The molecule has 2 saturated heterocycles. The fourth-order valence-electron chi connectivity index (χ4n) is 5.34. The van der Waals surface area contributed by atoms with Gasteiger partial charge in [-0.1, -0.05) is 29.3 Å². The number of anilines is 2. The Labute approximate surface area is 259 Å². The van der Waals surface area contributed by atoms with Gasteiger partial charge in [0.2, 0.25) is 18.5 Å². The molecule has 43 heavy (non-hydrogen) atoms. The third-order valence-electron chi connectivity index (χ3n) is 7.81. The maximum absolute atomic E-state index is 11.6. The number of nitrogens with zero attached hydrogens (tertiary/aromatic N) is 2. The summed E-state index contributed by atoms with van der Waals surface area (Å²) in [4.78, 5) is 26.8. The standard InChI is InChI=1S/C29H35Cl2N3O9/c30-23-20(6-7-21(24(23)31)42-29-27(39)25(37)26(38)28(43-29)41-16-35)34-12-10-33(11-13-34)9-1-2-14-40-18-5-3-17-4-8-22(36)32-19(17)15-18/h3,5-7,15-16,25-29,37-39H,1-2,4,8-14H2,(H,32,36). The lowest BCUT2D eigenvalue weighted by Gasteiger charge is -2.39. The number of unbranched alkanes of at least 4 members (excludes halogenated alkanes) is 1. The molecule has 2 aromatic carbocycles. The van der Waals surface area contributed by atoms with Crippen LogP contribution in [0.5, 0.6) is 11.5 Å². The highest BCUT2D eigenvalue weighted by Crippen LogP contribution is 2.41. The zero-order valence-electron chi connectivity index (χ0n) is 23.4. The maximum Gasteiger partial charge on any atom is 0.295 e. The number of piperazine rings is 1. The van der Waals surface area contributed by atoms with Crippen LogP contribution in [0, 0.1) is 0 Å². The molecule has 12 nitrogen and oxygen atoms in total. The van der Waals surface area contributed by atoms with Crippen molar-refractivity contribution in [2.24, 2.45) is 0 Å². The first kappa shape index (κ1) is 31.6. The lowest BCUT2D eigenvalue weighted by molar-refractivity contribution is -0.321. The number of ether oxygens (including phenoxy) is 4. The predicted molar refractivity (Wildman–Crippen MR) is 158 cm³/mol. The number of carbonyl (C=O) groups is 2. The molecule has 234 valence electrons. The molecule has 5 unspecified atom stereocenters. The Balaban J connectivity index is 1.06. The van der Waals surface area contributed by atoms with Gasteiger partial charge in [0.05, 0.1) is 17.3 Å². The summed E-state index contributed by atoms with van der Waals surface area (Å²) >= 11 is 13.1. The van der Waals surface area contributed by atoms with E-state index in [1.165, 1.54) is 0 Å². The van der Waals surface area contributed by atoms with Gasteiger partial charge in [0.1, 0.15) is 34.8 Å². The molecule has 3 aliphatic heterocycles. The zero-order valence-corrected chi connectivity index (χ0v) is 24.9. The van der Waals surface area contributed by atoms with E-state index in [4.69, 9.17) is 37.4 Å². The van der Waals surface area contributed by atoms with Gasteiger partial charge in [-0.05, 0) is 49.6 Å². The molecule has 1 amide bonds. The number of carbonyl (C=O) groups excluding carboxylic acids is 2. The molecule has 0 aromatic heterocycles. The second-order valence-corrected chi connectivity index (χ2v) is 11.4. The van der Waals surface area contributed by atoms with Crippen LogP contribution < -0.4 is 19.7 Å². The molecule has 5 rings (SSSR count). The maximum atomic E-state index is 11.6. The van der Waals surface area contributed by atoms with E-state index >= 15 is 0 Å². The Kier molecular flexibility index (Phi) is 10.5. The highest BCUT2D eigenvalue weighted by Gasteiger charge is 2.46. The van der Waals surface area contributed by atoms with Crippen molar-refractivity contribution in [1.29, 1.82) is 0 Å². The van der Waals surface area contributed by atoms with Crippen LogP contribution in [0.15, 0.2) is 30.3 Å². The van der Waals surface area contributed by atoms with Crippen LogP contribution in [0.3, 0.4) is 0 Å². The monoisotopic (exact) mass is 639 g/mol. The van der Waals surface area contributed by atoms with Crippen LogP contribution in [-0.4, -0.2) is 103 Å². The summed E-state index contributed by atoms with van der Waals surface area (Å²) < 4.78 is 21.5. The Bertz CT molecular complexity index is 1290. The van der Waals surface area contributed by atoms with E-state index in [0.29, 0.717) is 13.0 Å². The van der Waals surface area contributed by atoms with Crippen molar-refractivity contribution < 1.29 is 43.9 Å². The molecule has 2 fully saturated rings. The molecule has 0 bridgehead atoms. The minimum absolute atomic E-state index is 0.0391. The normalized spacial score (nSPS) is 25.9. The van der Waals surface area contributed by atoms with E-state index < -0.39 is 30.9 Å². The van der Waals surface area contributed by atoms with Gasteiger partial charge in [0, 0.05) is 44.4 Å². The van der Waals surface area contributed by atoms with Gasteiger partial charge in [-0.25, -0.2) is 0 Å². The Morgan fingerprint density at radius 2 is 1.72 bits per heavy atom. The third-order valence-corrected chi connectivity index (χ3v) is 8.67. The highest BCUT2D eigenvalue weighted by molar-refractivity contribution is 6.44. The quantitative estimate of drug-likeness (QED) is 0.212. The number of aliphatic hydroxyl groups is 3. The number of aliphatic hydroxyl groups excluding tert-OH is 3. The summed E-state index contributed by atoms with van der Waals surface area (Å²) in [5.74, 6) is 0.891. The van der Waals surface area contributed by atoms with Crippen LogP contribution in [0.25, 0.3) is 0 Å². The van der Waals surface area contributed by atoms with E-state index in [1.54, 1.807) is 12.1 Å². The molecule has 3 aliphatic rings. The summed E-state index contributed by atoms with van der Waals surface area (Å²) in [6, 6.07) is 9.19. The molecule has 0 aliphatic carbocycles. The second kappa shape index (κ2) is 14.3. The van der Waals surface area contributed by atoms with Gasteiger partial charge in [-0.2, -0.15) is 0 Å².